The second kappa shape index (κ2) is 5.04. The quantitative estimate of drug-likeness (QED) is 0.591. The van der Waals surface area contributed by atoms with Crippen LogP contribution in [0.3, 0.4) is 0 Å². The van der Waals surface area contributed by atoms with Gasteiger partial charge in [-0.1, -0.05) is 0 Å². The van der Waals surface area contributed by atoms with E-state index in [4.69, 9.17) is 4.84 Å². The van der Waals surface area contributed by atoms with Crippen molar-refractivity contribution in [3.8, 4) is 0 Å². The average Bonchev–Trinajstić information content (AvgIpc) is 2.15. The number of hydrogen-bond acceptors (Lipinski definition) is 3. The minimum atomic E-state index is -0.282. The molecule has 0 fully saturated rings. The third-order valence-electron chi connectivity index (χ3n) is 1.57. The first kappa shape index (κ1) is 11.9. The summed E-state index contributed by atoms with van der Waals surface area (Å²) >= 11 is 5.40. The van der Waals surface area contributed by atoms with Crippen LogP contribution in [0.25, 0.3) is 0 Å². The van der Waals surface area contributed by atoms with Crippen molar-refractivity contribution in [2.24, 2.45) is 0 Å². The molecule has 0 bridgehead atoms. The van der Waals surface area contributed by atoms with E-state index in [0.29, 0.717) is 10.2 Å². The van der Waals surface area contributed by atoms with Crippen LogP contribution in [0.4, 0.5) is 0 Å². The number of hydroxylamine groups is 2. The fourth-order valence-electron chi connectivity index (χ4n) is 0.804. The van der Waals surface area contributed by atoms with Crippen LogP contribution in [0.15, 0.2) is 16.7 Å². The molecular formula is C8H8BrIN2O2. The molecule has 0 aliphatic carbocycles. The summed E-state index contributed by atoms with van der Waals surface area (Å²) in [5, 5.41) is 1.12. The molecule has 0 aromatic carbocycles. The van der Waals surface area contributed by atoms with Gasteiger partial charge in [-0.15, -0.1) is 0 Å². The Balaban J connectivity index is 3.02. The first-order valence-corrected chi connectivity index (χ1v) is 5.56. The SMILES string of the molecule is CON(C)C(=O)c1ncc(I)cc1Br. The van der Waals surface area contributed by atoms with E-state index in [1.54, 1.807) is 6.20 Å². The Morgan fingerprint density at radius 1 is 1.71 bits per heavy atom. The standard InChI is InChI=1S/C8H8BrIN2O2/c1-12(14-2)8(13)7-6(9)3-5(10)4-11-7/h3-4H,1-2H3. The second-order valence-electron chi connectivity index (χ2n) is 2.47. The number of hydrogen-bond donors (Lipinski definition) is 0. The fraction of sp³-hybridized carbons (Fsp3) is 0.250. The summed E-state index contributed by atoms with van der Waals surface area (Å²) in [7, 11) is 2.97. The Kier molecular flexibility index (Phi) is 4.27. The molecule has 1 aromatic heterocycles. The molecule has 0 aliphatic heterocycles. The van der Waals surface area contributed by atoms with Crippen molar-refractivity contribution in [2.45, 2.75) is 0 Å². The van der Waals surface area contributed by atoms with Gasteiger partial charge in [0.15, 0.2) is 0 Å². The van der Waals surface area contributed by atoms with E-state index < -0.39 is 0 Å². The molecule has 1 aromatic rings. The first-order chi connectivity index (χ1) is 6.56. The molecule has 0 saturated carbocycles. The monoisotopic (exact) mass is 370 g/mol. The number of aromatic nitrogens is 1. The summed E-state index contributed by atoms with van der Waals surface area (Å²) < 4.78 is 1.63. The molecular weight excluding hydrogens is 363 g/mol. The number of halogens is 2. The molecule has 1 amide bonds. The van der Waals surface area contributed by atoms with Gasteiger partial charge >= 0.3 is 0 Å². The second-order valence-corrected chi connectivity index (χ2v) is 4.57. The van der Waals surface area contributed by atoms with E-state index in [1.807, 2.05) is 6.07 Å². The maximum atomic E-state index is 11.6. The van der Waals surface area contributed by atoms with Crippen LogP contribution in [0.5, 0.6) is 0 Å². The van der Waals surface area contributed by atoms with Crippen LogP contribution in [0.1, 0.15) is 10.5 Å². The Morgan fingerprint density at radius 3 is 2.86 bits per heavy atom. The number of rotatable bonds is 2. The Labute approximate surface area is 104 Å². The third-order valence-corrected chi connectivity index (χ3v) is 2.76. The van der Waals surface area contributed by atoms with Gasteiger partial charge in [0.2, 0.25) is 0 Å². The maximum Gasteiger partial charge on any atom is 0.296 e. The van der Waals surface area contributed by atoms with E-state index >= 15 is 0 Å². The highest BCUT2D eigenvalue weighted by molar-refractivity contribution is 14.1. The molecule has 1 heterocycles. The number of nitrogens with zero attached hydrogens (tertiary/aromatic N) is 2. The van der Waals surface area contributed by atoms with Gasteiger partial charge in [0.1, 0.15) is 5.69 Å². The van der Waals surface area contributed by atoms with Gasteiger partial charge in [-0.2, -0.15) is 0 Å². The number of carbonyl (C=O) groups is 1. The maximum absolute atomic E-state index is 11.6. The number of carbonyl (C=O) groups excluding carboxylic acids is 1. The van der Waals surface area contributed by atoms with Crippen molar-refractivity contribution >= 4 is 44.4 Å². The zero-order valence-electron chi connectivity index (χ0n) is 7.62. The third kappa shape index (κ3) is 2.64. The lowest BCUT2D eigenvalue weighted by Gasteiger charge is -2.13. The molecule has 1 rings (SSSR count). The van der Waals surface area contributed by atoms with E-state index in [-0.39, 0.29) is 5.91 Å². The van der Waals surface area contributed by atoms with Gasteiger partial charge < -0.3 is 0 Å². The Morgan fingerprint density at radius 2 is 2.36 bits per heavy atom. The summed E-state index contributed by atoms with van der Waals surface area (Å²) in [5.74, 6) is -0.282. The first-order valence-electron chi connectivity index (χ1n) is 3.69. The summed E-state index contributed by atoms with van der Waals surface area (Å²) in [6.07, 6.45) is 1.63. The smallest absolute Gasteiger partial charge is 0.274 e. The van der Waals surface area contributed by atoms with Gasteiger partial charge in [0.05, 0.1) is 11.6 Å². The zero-order chi connectivity index (χ0) is 10.7. The molecule has 14 heavy (non-hydrogen) atoms. The van der Waals surface area contributed by atoms with Crippen LogP contribution >= 0.6 is 38.5 Å². The van der Waals surface area contributed by atoms with Crippen molar-refractivity contribution in [3.63, 3.8) is 0 Å². The van der Waals surface area contributed by atoms with Crippen LogP contribution in [0, 0.1) is 3.57 Å². The van der Waals surface area contributed by atoms with E-state index in [2.05, 4.69) is 43.5 Å². The molecule has 0 radical (unpaired) electrons. The lowest BCUT2D eigenvalue weighted by molar-refractivity contribution is -0.0761. The predicted molar refractivity (Wildman–Crippen MR) is 63.8 cm³/mol. The van der Waals surface area contributed by atoms with E-state index in [0.717, 1.165) is 8.63 Å². The van der Waals surface area contributed by atoms with Crippen LogP contribution in [-0.2, 0) is 4.84 Å². The molecule has 6 heteroatoms. The van der Waals surface area contributed by atoms with Gasteiger partial charge in [0.25, 0.3) is 5.91 Å². The minimum absolute atomic E-state index is 0.282. The van der Waals surface area contributed by atoms with Gasteiger partial charge in [-0.3, -0.25) is 9.63 Å². The van der Waals surface area contributed by atoms with Crippen molar-refractivity contribution in [3.05, 3.63) is 26.0 Å². The summed E-state index contributed by atoms with van der Waals surface area (Å²) in [6.45, 7) is 0. The molecule has 0 N–H and O–H groups in total. The zero-order valence-corrected chi connectivity index (χ0v) is 11.4. The average molecular weight is 371 g/mol. The predicted octanol–water partition coefficient (Wildman–Crippen LogP) is 2.08. The van der Waals surface area contributed by atoms with Crippen LogP contribution in [0.2, 0.25) is 0 Å². The van der Waals surface area contributed by atoms with Crippen molar-refractivity contribution in [2.75, 3.05) is 14.2 Å². The number of pyridine rings is 1. The molecule has 0 atom stereocenters. The van der Waals surface area contributed by atoms with E-state index in [9.17, 15) is 4.79 Å². The normalized spacial score (nSPS) is 10.0. The highest BCUT2D eigenvalue weighted by Crippen LogP contribution is 2.18. The largest absolute Gasteiger partial charge is 0.296 e. The fourth-order valence-corrected chi connectivity index (χ4v) is 2.20. The summed E-state index contributed by atoms with van der Waals surface area (Å²) in [5.41, 5.74) is 0.342. The van der Waals surface area contributed by atoms with Crippen molar-refractivity contribution in [1.82, 2.24) is 10.0 Å². The highest BCUT2D eigenvalue weighted by Gasteiger charge is 2.16. The Hall–Kier alpha value is -0.210. The molecule has 0 unspecified atom stereocenters. The Bertz CT molecular complexity index is 359. The van der Waals surface area contributed by atoms with E-state index in [1.165, 1.54) is 14.2 Å². The van der Waals surface area contributed by atoms with Crippen LogP contribution < -0.4 is 0 Å². The lowest BCUT2D eigenvalue weighted by atomic mass is 10.3. The van der Waals surface area contributed by atoms with Crippen molar-refractivity contribution in [1.29, 1.82) is 0 Å². The van der Waals surface area contributed by atoms with Crippen molar-refractivity contribution < 1.29 is 9.63 Å². The van der Waals surface area contributed by atoms with Gasteiger partial charge in [-0.05, 0) is 44.6 Å². The molecule has 0 spiro atoms. The lowest BCUT2D eigenvalue weighted by Crippen LogP contribution is -2.26. The minimum Gasteiger partial charge on any atom is -0.274 e. The molecule has 76 valence electrons. The number of amides is 1. The van der Waals surface area contributed by atoms with Gasteiger partial charge in [0, 0.05) is 16.8 Å². The van der Waals surface area contributed by atoms with Crippen LogP contribution in [-0.4, -0.2) is 30.1 Å². The van der Waals surface area contributed by atoms with Gasteiger partial charge in [-0.25, -0.2) is 10.0 Å². The molecule has 0 aliphatic rings. The molecule has 0 saturated heterocycles. The topological polar surface area (TPSA) is 42.4 Å². The summed E-state index contributed by atoms with van der Waals surface area (Å²) in [6, 6.07) is 1.82. The molecule has 4 nitrogen and oxygen atoms in total. The highest BCUT2D eigenvalue weighted by atomic mass is 127. The summed E-state index contributed by atoms with van der Waals surface area (Å²) in [4.78, 5) is 20.4.